The Morgan fingerprint density at radius 1 is 1.48 bits per heavy atom. The quantitative estimate of drug-likeness (QED) is 0.777. The smallest absolute Gasteiger partial charge is 0.387 e. The number of carbonyl (C=O) groups excluding carboxylic acids is 1. The van der Waals surface area contributed by atoms with Crippen molar-refractivity contribution in [1.29, 1.82) is 0 Å². The van der Waals surface area contributed by atoms with Gasteiger partial charge in [-0.15, -0.1) is 0 Å². The molecule has 0 bridgehead atoms. The van der Waals surface area contributed by atoms with Crippen LogP contribution in [0.15, 0.2) is 16.6 Å². The molecular formula is C13H16BrClF2N2O2. The lowest BCUT2D eigenvalue weighted by molar-refractivity contribution is -0.117. The van der Waals surface area contributed by atoms with Crippen LogP contribution in [0.4, 0.5) is 14.5 Å². The summed E-state index contributed by atoms with van der Waals surface area (Å²) in [4.78, 5) is 12.0. The molecule has 0 saturated heterocycles. The molecule has 1 atom stereocenters. The number of carbonyl (C=O) groups is 1. The Labute approximate surface area is 135 Å². The fourth-order valence-corrected chi connectivity index (χ4v) is 2.61. The minimum absolute atomic E-state index is 0.0406. The molecule has 0 aliphatic carbocycles. The lowest BCUT2D eigenvalue weighted by Gasteiger charge is -2.17. The molecular weight excluding hydrogens is 370 g/mol. The van der Waals surface area contributed by atoms with E-state index in [2.05, 4.69) is 26.0 Å². The van der Waals surface area contributed by atoms with Gasteiger partial charge < -0.3 is 15.8 Å². The largest absolute Gasteiger partial charge is 0.431 e. The van der Waals surface area contributed by atoms with Crippen molar-refractivity contribution in [3.05, 3.63) is 21.6 Å². The Kier molecular flexibility index (Phi) is 6.83. The van der Waals surface area contributed by atoms with Gasteiger partial charge in [0.05, 0.1) is 16.2 Å². The summed E-state index contributed by atoms with van der Waals surface area (Å²) < 4.78 is 29.5. The van der Waals surface area contributed by atoms with Crippen LogP contribution in [0.25, 0.3) is 0 Å². The van der Waals surface area contributed by atoms with Crippen LogP contribution in [-0.2, 0) is 4.79 Å². The van der Waals surface area contributed by atoms with E-state index in [0.717, 1.165) is 0 Å². The highest BCUT2D eigenvalue weighted by Crippen LogP contribution is 2.37. The minimum atomic E-state index is -3.03. The van der Waals surface area contributed by atoms with E-state index in [1.54, 1.807) is 0 Å². The number of alkyl halides is 2. The minimum Gasteiger partial charge on any atom is -0.431 e. The number of halogens is 4. The van der Waals surface area contributed by atoms with Gasteiger partial charge in [-0.05, 0) is 40.4 Å². The van der Waals surface area contributed by atoms with Gasteiger partial charge in [-0.1, -0.05) is 25.4 Å². The van der Waals surface area contributed by atoms with Crippen molar-refractivity contribution >= 4 is 39.1 Å². The van der Waals surface area contributed by atoms with Gasteiger partial charge >= 0.3 is 6.61 Å². The van der Waals surface area contributed by atoms with Crippen LogP contribution in [-0.4, -0.2) is 18.6 Å². The number of nitrogens with one attached hydrogen (secondary N) is 1. The highest BCUT2D eigenvalue weighted by Gasteiger charge is 2.20. The Morgan fingerprint density at radius 2 is 2.10 bits per heavy atom. The summed E-state index contributed by atoms with van der Waals surface area (Å²) >= 11 is 8.92. The summed E-state index contributed by atoms with van der Waals surface area (Å²) in [6.07, 6.45) is 0.471. The number of nitrogens with two attached hydrogens (primary N) is 1. The molecule has 1 aromatic rings. The molecule has 0 fully saturated rings. The first-order valence-electron chi connectivity index (χ1n) is 6.21. The van der Waals surface area contributed by atoms with Crippen molar-refractivity contribution in [2.24, 2.45) is 11.7 Å². The lowest BCUT2D eigenvalue weighted by atomic mass is 10.0. The summed E-state index contributed by atoms with van der Waals surface area (Å²) in [6.45, 7) is 0.825. The Balaban J connectivity index is 2.98. The predicted molar refractivity (Wildman–Crippen MR) is 81.8 cm³/mol. The fourth-order valence-electron chi connectivity index (χ4n) is 1.70. The van der Waals surface area contributed by atoms with Crippen LogP contribution in [0.2, 0.25) is 5.02 Å². The molecule has 0 aliphatic heterocycles. The predicted octanol–water partition coefficient (Wildman–Crippen LogP) is 4.02. The third kappa shape index (κ3) is 5.76. The topological polar surface area (TPSA) is 64.4 Å². The van der Waals surface area contributed by atoms with Crippen molar-refractivity contribution < 1.29 is 18.3 Å². The Bertz CT molecular complexity index is 515. The average molecular weight is 386 g/mol. The maximum Gasteiger partial charge on any atom is 0.387 e. The molecule has 1 amide bonds. The van der Waals surface area contributed by atoms with Crippen LogP contribution >= 0.6 is 27.5 Å². The molecule has 8 heteroatoms. The molecule has 1 unspecified atom stereocenters. The zero-order valence-corrected chi connectivity index (χ0v) is 13.8. The van der Waals surface area contributed by atoms with E-state index >= 15 is 0 Å². The molecule has 3 N–H and O–H groups in total. The van der Waals surface area contributed by atoms with Crippen LogP contribution in [0, 0.1) is 5.92 Å². The van der Waals surface area contributed by atoms with E-state index in [0.29, 0.717) is 6.42 Å². The number of rotatable bonds is 6. The van der Waals surface area contributed by atoms with Gasteiger partial charge in [-0.2, -0.15) is 8.78 Å². The van der Waals surface area contributed by atoms with Gasteiger partial charge in [-0.3, -0.25) is 4.79 Å². The Hall–Kier alpha value is -0.920. The molecule has 0 heterocycles. The number of ether oxygens (including phenoxy) is 1. The first-order valence-corrected chi connectivity index (χ1v) is 7.38. The first-order chi connectivity index (χ1) is 9.70. The molecule has 0 radical (unpaired) electrons. The summed E-state index contributed by atoms with van der Waals surface area (Å²) in [5.74, 6) is -0.454. The van der Waals surface area contributed by atoms with Gasteiger partial charge in [0, 0.05) is 5.02 Å². The van der Waals surface area contributed by atoms with Crippen molar-refractivity contribution in [2.45, 2.75) is 32.9 Å². The molecule has 0 aliphatic rings. The van der Waals surface area contributed by atoms with Gasteiger partial charge in [0.2, 0.25) is 5.91 Å². The second-order valence-electron chi connectivity index (χ2n) is 4.87. The Morgan fingerprint density at radius 3 is 2.62 bits per heavy atom. The van der Waals surface area contributed by atoms with Crippen LogP contribution in [0.1, 0.15) is 20.3 Å². The first kappa shape index (κ1) is 18.1. The lowest BCUT2D eigenvalue weighted by Crippen LogP contribution is -2.36. The van der Waals surface area contributed by atoms with Crippen molar-refractivity contribution in [3.63, 3.8) is 0 Å². The van der Waals surface area contributed by atoms with Crippen molar-refractivity contribution in [1.82, 2.24) is 0 Å². The summed E-state index contributed by atoms with van der Waals surface area (Å²) in [7, 11) is 0. The van der Waals surface area contributed by atoms with E-state index < -0.39 is 18.6 Å². The summed E-state index contributed by atoms with van der Waals surface area (Å²) in [6, 6.07) is 1.97. The highest BCUT2D eigenvalue weighted by atomic mass is 79.9. The van der Waals surface area contributed by atoms with Crippen molar-refractivity contribution in [2.75, 3.05) is 5.32 Å². The van der Waals surface area contributed by atoms with Crippen LogP contribution < -0.4 is 15.8 Å². The molecule has 0 spiro atoms. The van der Waals surface area contributed by atoms with Gasteiger partial charge in [0.1, 0.15) is 0 Å². The number of benzene rings is 1. The number of anilines is 1. The number of hydrogen-bond donors (Lipinski definition) is 2. The van der Waals surface area contributed by atoms with E-state index in [1.807, 2.05) is 13.8 Å². The molecule has 21 heavy (non-hydrogen) atoms. The number of amides is 1. The van der Waals surface area contributed by atoms with Gasteiger partial charge in [-0.25, -0.2) is 0 Å². The molecule has 118 valence electrons. The van der Waals surface area contributed by atoms with Crippen LogP contribution in [0.3, 0.4) is 0 Å². The summed E-state index contributed by atoms with van der Waals surface area (Å²) in [5, 5.41) is 2.73. The fraction of sp³-hybridized carbons (Fsp3) is 0.462. The summed E-state index contributed by atoms with van der Waals surface area (Å²) in [5.41, 5.74) is 5.79. The third-order valence-corrected chi connectivity index (χ3v) is 3.34. The average Bonchev–Trinajstić information content (AvgIpc) is 2.32. The monoisotopic (exact) mass is 384 g/mol. The van der Waals surface area contributed by atoms with E-state index in [4.69, 9.17) is 17.3 Å². The van der Waals surface area contributed by atoms with Crippen LogP contribution in [0.5, 0.6) is 5.75 Å². The zero-order chi connectivity index (χ0) is 16.2. The number of hydrogen-bond acceptors (Lipinski definition) is 3. The van der Waals surface area contributed by atoms with Gasteiger partial charge in [0.25, 0.3) is 0 Å². The SMILES string of the molecule is CC(C)CC(N)C(=O)Nc1cc(Cl)cc(Br)c1OC(F)F. The van der Waals surface area contributed by atoms with Crippen molar-refractivity contribution in [3.8, 4) is 5.75 Å². The van der Waals surface area contributed by atoms with Gasteiger partial charge in [0.15, 0.2) is 5.75 Å². The molecule has 0 saturated carbocycles. The highest BCUT2D eigenvalue weighted by molar-refractivity contribution is 9.10. The molecule has 4 nitrogen and oxygen atoms in total. The zero-order valence-electron chi connectivity index (χ0n) is 11.5. The third-order valence-electron chi connectivity index (χ3n) is 2.54. The van der Waals surface area contributed by atoms with E-state index in [-0.39, 0.29) is 26.9 Å². The second-order valence-corrected chi connectivity index (χ2v) is 6.16. The standard InChI is InChI=1S/C13H16BrClF2N2O2/c1-6(2)3-9(18)12(20)19-10-5-7(15)4-8(14)11(10)21-13(16)17/h4-6,9,13H,3,18H2,1-2H3,(H,19,20). The normalized spacial score (nSPS) is 12.6. The maximum atomic E-state index is 12.4. The van der Waals surface area contributed by atoms with E-state index in [1.165, 1.54) is 12.1 Å². The molecule has 1 rings (SSSR count). The second kappa shape index (κ2) is 7.91. The molecule has 0 aromatic heterocycles. The van der Waals surface area contributed by atoms with E-state index in [9.17, 15) is 13.6 Å². The molecule has 1 aromatic carbocycles. The maximum absolute atomic E-state index is 12.4.